The molecule has 2 aliphatic rings. The van der Waals surface area contributed by atoms with E-state index in [-0.39, 0.29) is 5.41 Å². The van der Waals surface area contributed by atoms with Gasteiger partial charge in [0, 0.05) is 43.3 Å². The van der Waals surface area contributed by atoms with Gasteiger partial charge in [-0.15, -0.1) is 0 Å². The second kappa shape index (κ2) is 11.4. The molecule has 0 bridgehead atoms. The maximum Gasteiger partial charge on any atom is 0.231 e. The predicted octanol–water partition coefficient (Wildman–Crippen LogP) is 3.23. The number of ether oxygens (including phenoxy) is 2. The summed E-state index contributed by atoms with van der Waals surface area (Å²) in [5, 5.41) is 3.73. The molecule has 1 heterocycles. The summed E-state index contributed by atoms with van der Waals surface area (Å²) in [4.78, 5) is 2.37. The number of morpholine rings is 1. The number of methoxy groups -OCH3 is 1. The lowest BCUT2D eigenvalue weighted by Crippen LogP contribution is -2.45. The van der Waals surface area contributed by atoms with E-state index in [1.54, 1.807) is 7.11 Å². The van der Waals surface area contributed by atoms with Gasteiger partial charge in [0.15, 0.2) is 0 Å². The van der Waals surface area contributed by atoms with Crippen LogP contribution in [-0.4, -0.2) is 54.8 Å². The minimum absolute atomic E-state index is 0.176. The third kappa shape index (κ3) is 6.33. The minimum Gasteiger partial charge on any atom is -0.497 e. The Kier molecular flexibility index (Phi) is 8.38. The Labute approximate surface area is 199 Å². The van der Waals surface area contributed by atoms with Gasteiger partial charge < -0.3 is 19.7 Å². The Bertz CT molecular complexity index is 910. The van der Waals surface area contributed by atoms with E-state index in [9.17, 15) is 8.76 Å². The number of hydrogen-bond donors (Lipinski definition) is 3. The molecule has 8 heteroatoms. The van der Waals surface area contributed by atoms with E-state index in [2.05, 4.69) is 51.3 Å². The molecule has 1 saturated carbocycles. The SMILES string of the molecule is COc1cccc(C2(CNS(=O)O)CCC(NCc3ccc(N4CCOCC4)cc3)CC2)c1. The number of nitrogens with zero attached hydrogens (tertiary/aromatic N) is 1. The topological polar surface area (TPSA) is 83.1 Å². The van der Waals surface area contributed by atoms with Crippen LogP contribution < -0.4 is 19.7 Å². The molecule has 33 heavy (non-hydrogen) atoms. The number of benzene rings is 2. The Morgan fingerprint density at radius 1 is 1.15 bits per heavy atom. The summed E-state index contributed by atoms with van der Waals surface area (Å²) in [6, 6.07) is 17.4. The Morgan fingerprint density at radius 2 is 1.88 bits per heavy atom. The van der Waals surface area contributed by atoms with Crippen LogP contribution in [0.15, 0.2) is 48.5 Å². The van der Waals surface area contributed by atoms with Gasteiger partial charge in [-0.3, -0.25) is 4.55 Å². The smallest absolute Gasteiger partial charge is 0.231 e. The summed E-state index contributed by atoms with van der Waals surface area (Å²) >= 11 is -2.02. The zero-order valence-corrected chi connectivity index (χ0v) is 20.1. The highest BCUT2D eigenvalue weighted by atomic mass is 32.2. The van der Waals surface area contributed by atoms with Crippen LogP contribution in [-0.2, 0) is 28.0 Å². The van der Waals surface area contributed by atoms with E-state index >= 15 is 0 Å². The van der Waals surface area contributed by atoms with Gasteiger partial charge in [0.1, 0.15) is 5.75 Å². The average molecular weight is 474 g/mol. The van der Waals surface area contributed by atoms with Crippen LogP contribution in [0.2, 0.25) is 0 Å². The fraction of sp³-hybridized carbons (Fsp3) is 0.520. The molecule has 1 saturated heterocycles. The van der Waals surface area contributed by atoms with Gasteiger partial charge >= 0.3 is 0 Å². The molecule has 0 spiro atoms. The Balaban J connectivity index is 1.34. The van der Waals surface area contributed by atoms with Gasteiger partial charge in [0.2, 0.25) is 11.3 Å². The summed E-state index contributed by atoms with van der Waals surface area (Å²) in [5.41, 5.74) is 3.53. The average Bonchev–Trinajstić information content (AvgIpc) is 2.88. The van der Waals surface area contributed by atoms with E-state index in [1.165, 1.54) is 11.3 Å². The van der Waals surface area contributed by atoms with Crippen molar-refractivity contribution in [3.63, 3.8) is 0 Å². The number of anilines is 1. The Morgan fingerprint density at radius 3 is 2.55 bits per heavy atom. The molecule has 4 rings (SSSR count). The van der Waals surface area contributed by atoms with Gasteiger partial charge in [-0.2, -0.15) is 0 Å². The first-order valence-corrected chi connectivity index (χ1v) is 12.8. The number of hydrogen-bond acceptors (Lipinski definition) is 5. The summed E-state index contributed by atoms with van der Waals surface area (Å²) in [7, 11) is 1.67. The largest absolute Gasteiger partial charge is 0.497 e. The molecule has 1 atom stereocenters. The Hall–Kier alpha value is -1.97. The van der Waals surface area contributed by atoms with Crippen molar-refractivity contribution in [3.05, 3.63) is 59.7 Å². The van der Waals surface area contributed by atoms with Crippen molar-refractivity contribution < 1.29 is 18.2 Å². The van der Waals surface area contributed by atoms with E-state index in [0.717, 1.165) is 69.8 Å². The minimum atomic E-state index is -2.02. The fourth-order valence-electron chi connectivity index (χ4n) is 5.00. The number of rotatable bonds is 9. The maximum atomic E-state index is 11.3. The maximum absolute atomic E-state index is 11.3. The van der Waals surface area contributed by atoms with Crippen LogP contribution >= 0.6 is 0 Å². The molecule has 0 radical (unpaired) electrons. The first kappa shape index (κ1) is 24.2. The van der Waals surface area contributed by atoms with Crippen molar-refractivity contribution >= 4 is 17.0 Å². The van der Waals surface area contributed by atoms with Crippen molar-refractivity contribution in [2.45, 2.75) is 43.7 Å². The molecule has 1 unspecified atom stereocenters. The molecule has 1 aliphatic heterocycles. The van der Waals surface area contributed by atoms with Gasteiger partial charge in [-0.05, 0) is 61.1 Å². The highest BCUT2D eigenvalue weighted by molar-refractivity contribution is 7.77. The molecule has 0 aromatic heterocycles. The normalized spacial score (nSPS) is 24.4. The quantitative estimate of drug-likeness (QED) is 0.485. The lowest BCUT2D eigenvalue weighted by molar-refractivity contribution is 0.122. The molecule has 0 amide bonds. The van der Waals surface area contributed by atoms with Crippen LogP contribution in [0.4, 0.5) is 5.69 Å². The van der Waals surface area contributed by atoms with Gasteiger partial charge in [0.25, 0.3) is 0 Å². The van der Waals surface area contributed by atoms with Gasteiger partial charge in [0.05, 0.1) is 20.3 Å². The summed E-state index contributed by atoms with van der Waals surface area (Å²) in [6.07, 6.45) is 3.92. The molecule has 7 nitrogen and oxygen atoms in total. The molecule has 180 valence electrons. The third-order valence-corrected chi connectivity index (χ3v) is 7.46. The zero-order valence-electron chi connectivity index (χ0n) is 19.3. The van der Waals surface area contributed by atoms with Crippen LogP contribution in [0.1, 0.15) is 36.8 Å². The third-order valence-electron chi connectivity index (χ3n) is 7.07. The van der Waals surface area contributed by atoms with Crippen molar-refractivity contribution in [2.75, 3.05) is 44.9 Å². The lowest BCUT2D eigenvalue weighted by atomic mass is 9.68. The first-order valence-electron chi connectivity index (χ1n) is 11.7. The van der Waals surface area contributed by atoms with Gasteiger partial charge in [-0.1, -0.05) is 24.3 Å². The molecular formula is C25H35N3O4S. The second-order valence-electron chi connectivity index (χ2n) is 9.00. The van der Waals surface area contributed by atoms with Crippen LogP contribution in [0.25, 0.3) is 0 Å². The van der Waals surface area contributed by atoms with Crippen LogP contribution in [0.3, 0.4) is 0 Å². The van der Waals surface area contributed by atoms with Crippen LogP contribution in [0.5, 0.6) is 5.75 Å². The molecule has 2 aromatic carbocycles. The first-order chi connectivity index (χ1) is 16.1. The molecule has 2 fully saturated rings. The predicted molar refractivity (Wildman–Crippen MR) is 132 cm³/mol. The second-order valence-corrected chi connectivity index (χ2v) is 9.79. The summed E-state index contributed by atoms with van der Waals surface area (Å²) < 4.78 is 34.3. The highest BCUT2D eigenvalue weighted by Crippen LogP contribution is 2.40. The molecule has 3 N–H and O–H groups in total. The standard InChI is InChI=1S/C25H35N3O4S/c1-31-24-4-2-3-21(17-24)25(19-27-33(29)30)11-9-22(10-12-25)26-18-20-5-7-23(8-6-20)28-13-15-32-16-14-28/h2-8,17,22,26-27H,9-16,18-19H2,1H3,(H,29,30). The lowest BCUT2D eigenvalue weighted by Gasteiger charge is -2.41. The van der Waals surface area contributed by atoms with E-state index in [1.807, 2.05) is 12.1 Å². The fourth-order valence-corrected chi connectivity index (χ4v) is 5.40. The van der Waals surface area contributed by atoms with Crippen molar-refractivity contribution in [1.82, 2.24) is 10.0 Å². The van der Waals surface area contributed by atoms with Crippen molar-refractivity contribution in [1.29, 1.82) is 0 Å². The summed E-state index contributed by atoms with van der Waals surface area (Å²) in [6.45, 7) is 4.82. The molecule has 2 aromatic rings. The highest BCUT2D eigenvalue weighted by Gasteiger charge is 2.37. The van der Waals surface area contributed by atoms with Crippen molar-refractivity contribution in [3.8, 4) is 5.75 Å². The monoisotopic (exact) mass is 473 g/mol. The number of nitrogens with one attached hydrogen (secondary N) is 2. The van der Waals surface area contributed by atoms with E-state index in [0.29, 0.717) is 12.6 Å². The van der Waals surface area contributed by atoms with E-state index in [4.69, 9.17) is 9.47 Å². The zero-order chi connectivity index (χ0) is 23.1. The van der Waals surface area contributed by atoms with Crippen LogP contribution in [0, 0.1) is 0 Å². The van der Waals surface area contributed by atoms with Gasteiger partial charge in [-0.25, -0.2) is 8.93 Å². The summed E-state index contributed by atoms with van der Waals surface area (Å²) in [5.74, 6) is 0.817. The van der Waals surface area contributed by atoms with E-state index < -0.39 is 11.3 Å². The molecule has 1 aliphatic carbocycles. The molecular weight excluding hydrogens is 438 g/mol. The van der Waals surface area contributed by atoms with Crippen molar-refractivity contribution in [2.24, 2.45) is 0 Å².